The maximum Gasteiger partial charge on any atom is 0.151 e. The van der Waals surface area contributed by atoms with Crippen molar-refractivity contribution in [1.82, 2.24) is 19.9 Å². The molecule has 0 bridgehead atoms. The summed E-state index contributed by atoms with van der Waals surface area (Å²) in [5, 5.41) is 8.53. The average Bonchev–Trinajstić information content (AvgIpc) is 3.29. The topological polar surface area (TPSA) is 68.1 Å². The van der Waals surface area contributed by atoms with E-state index in [1.54, 1.807) is 4.68 Å². The van der Waals surface area contributed by atoms with Gasteiger partial charge in [0.05, 0.1) is 29.1 Å². The Labute approximate surface area is 159 Å². The molecule has 1 atom stereocenters. The summed E-state index contributed by atoms with van der Waals surface area (Å²) in [6.07, 6.45) is 2.58. The van der Waals surface area contributed by atoms with Gasteiger partial charge in [-0.05, 0) is 24.1 Å². The summed E-state index contributed by atoms with van der Waals surface area (Å²) in [6, 6.07) is 20.0. The Hall–Kier alpha value is -2.51. The van der Waals surface area contributed by atoms with E-state index in [0.717, 1.165) is 16.9 Å². The molecule has 0 N–H and O–H groups in total. The number of hydrogen-bond donors (Lipinski definition) is 0. The first-order chi connectivity index (χ1) is 13.1. The Morgan fingerprint density at radius 2 is 1.70 bits per heavy atom. The molecular weight excluding hydrogens is 360 g/mol. The fraction of sp³-hybridized carbons (Fsp3) is 0.300. The predicted molar refractivity (Wildman–Crippen MR) is 104 cm³/mol. The Kier molecular flexibility index (Phi) is 5.05. The van der Waals surface area contributed by atoms with E-state index in [2.05, 4.69) is 27.3 Å². The van der Waals surface area contributed by atoms with Crippen molar-refractivity contribution in [1.29, 1.82) is 0 Å². The van der Waals surface area contributed by atoms with Gasteiger partial charge in [-0.1, -0.05) is 53.7 Å². The summed E-state index contributed by atoms with van der Waals surface area (Å²) in [5.74, 6) is 0.478. The summed E-state index contributed by atoms with van der Waals surface area (Å²) in [7, 11) is -2.95. The summed E-state index contributed by atoms with van der Waals surface area (Å²) in [5.41, 5.74) is 2.95. The van der Waals surface area contributed by atoms with Gasteiger partial charge in [0.15, 0.2) is 9.84 Å². The number of hydrogen-bond acceptors (Lipinski definition) is 5. The zero-order chi connectivity index (χ0) is 18.7. The number of sulfone groups is 1. The predicted octanol–water partition coefficient (Wildman–Crippen LogP) is 2.46. The van der Waals surface area contributed by atoms with Crippen molar-refractivity contribution in [2.24, 2.45) is 0 Å². The first-order valence-corrected chi connectivity index (χ1v) is 10.9. The molecule has 1 aliphatic heterocycles. The minimum absolute atomic E-state index is 0.0112. The molecular formula is C20H22N4O2S. The van der Waals surface area contributed by atoms with Gasteiger partial charge in [0.25, 0.3) is 0 Å². The van der Waals surface area contributed by atoms with E-state index >= 15 is 0 Å². The van der Waals surface area contributed by atoms with E-state index in [1.165, 1.54) is 0 Å². The third kappa shape index (κ3) is 4.43. The molecule has 0 radical (unpaired) electrons. The Bertz CT molecular complexity index is 987. The van der Waals surface area contributed by atoms with Crippen LogP contribution >= 0.6 is 0 Å². The number of nitrogens with zero attached hydrogens (tertiary/aromatic N) is 4. The summed E-state index contributed by atoms with van der Waals surface area (Å²) in [6.45, 7) is 1.27. The lowest BCUT2D eigenvalue weighted by Crippen LogP contribution is -2.35. The van der Waals surface area contributed by atoms with Gasteiger partial charge < -0.3 is 0 Å². The van der Waals surface area contributed by atoms with Crippen LogP contribution in [0.2, 0.25) is 0 Å². The van der Waals surface area contributed by atoms with Crippen LogP contribution in [0.25, 0.3) is 5.69 Å². The monoisotopic (exact) mass is 382 g/mol. The van der Waals surface area contributed by atoms with Crippen molar-refractivity contribution < 1.29 is 8.42 Å². The summed E-state index contributed by atoms with van der Waals surface area (Å²) >= 11 is 0. The Morgan fingerprint density at radius 1 is 1.00 bits per heavy atom. The van der Waals surface area contributed by atoms with Crippen LogP contribution in [0.4, 0.5) is 0 Å². The van der Waals surface area contributed by atoms with E-state index in [-0.39, 0.29) is 17.5 Å². The Balaban J connectivity index is 1.55. The third-order valence-corrected chi connectivity index (χ3v) is 6.63. The largest absolute Gasteiger partial charge is 0.289 e. The van der Waals surface area contributed by atoms with Gasteiger partial charge in [-0.25, -0.2) is 13.1 Å². The SMILES string of the molecule is O=S1(=O)CC[C@@H](N(Cc2ccccc2)Cc2cn(-c3ccccc3)nn2)C1. The molecule has 0 unspecified atom stereocenters. The quantitative estimate of drug-likeness (QED) is 0.655. The number of para-hydroxylation sites is 1. The molecule has 2 aromatic carbocycles. The molecule has 1 aromatic heterocycles. The van der Waals surface area contributed by atoms with Crippen LogP contribution in [0.15, 0.2) is 66.9 Å². The lowest BCUT2D eigenvalue weighted by Gasteiger charge is -2.27. The normalized spacial score (nSPS) is 18.8. The van der Waals surface area contributed by atoms with Crippen LogP contribution in [-0.2, 0) is 22.9 Å². The van der Waals surface area contributed by atoms with Gasteiger partial charge in [-0.3, -0.25) is 4.90 Å². The molecule has 1 fully saturated rings. The highest BCUT2D eigenvalue weighted by atomic mass is 32.2. The van der Waals surface area contributed by atoms with Crippen molar-refractivity contribution >= 4 is 9.84 Å². The maximum atomic E-state index is 12.0. The molecule has 1 aliphatic rings. The maximum absolute atomic E-state index is 12.0. The lowest BCUT2D eigenvalue weighted by atomic mass is 10.1. The summed E-state index contributed by atoms with van der Waals surface area (Å²) in [4.78, 5) is 2.21. The lowest BCUT2D eigenvalue weighted by molar-refractivity contribution is 0.192. The van der Waals surface area contributed by atoms with Crippen molar-refractivity contribution in [3.8, 4) is 5.69 Å². The molecule has 1 saturated heterocycles. The average molecular weight is 382 g/mol. The molecule has 3 aromatic rings. The Morgan fingerprint density at radius 3 is 2.37 bits per heavy atom. The standard InChI is InChI=1S/C20H22N4O2S/c25-27(26)12-11-20(16-27)23(13-17-7-3-1-4-8-17)14-18-15-24(22-21-18)19-9-5-2-6-10-19/h1-10,15,20H,11-14,16H2/t20-/m1/s1. The second-order valence-corrected chi connectivity index (χ2v) is 9.17. The first-order valence-electron chi connectivity index (χ1n) is 9.04. The van der Waals surface area contributed by atoms with Crippen LogP contribution in [0.3, 0.4) is 0 Å². The molecule has 0 amide bonds. The highest BCUT2D eigenvalue weighted by molar-refractivity contribution is 7.91. The number of aromatic nitrogens is 3. The van der Waals surface area contributed by atoms with Crippen LogP contribution in [0.5, 0.6) is 0 Å². The first kappa shape index (κ1) is 17.9. The summed E-state index contributed by atoms with van der Waals surface area (Å²) < 4.78 is 25.7. The smallest absolute Gasteiger partial charge is 0.151 e. The molecule has 2 heterocycles. The fourth-order valence-electron chi connectivity index (χ4n) is 3.48. The van der Waals surface area contributed by atoms with E-state index in [0.29, 0.717) is 19.5 Å². The van der Waals surface area contributed by atoms with Gasteiger partial charge in [0, 0.05) is 19.1 Å². The van der Waals surface area contributed by atoms with Crippen molar-refractivity contribution in [2.45, 2.75) is 25.6 Å². The second kappa shape index (κ2) is 7.62. The van der Waals surface area contributed by atoms with Crippen LogP contribution in [-0.4, -0.2) is 45.9 Å². The zero-order valence-corrected chi connectivity index (χ0v) is 15.8. The molecule has 0 saturated carbocycles. The van der Waals surface area contributed by atoms with Gasteiger partial charge in [0.2, 0.25) is 0 Å². The van der Waals surface area contributed by atoms with Gasteiger partial charge >= 0.3 is 0 Å². The fourth-order valence-corrected chi connectivity index (χ4v) is 5.24. The van der Waals surface area contributed by atoms with Gasteiger partial charge in [-0.2, -0.15) is 0 Å². The van der Waals surface area contributed by atoms with E-state index < -0.39 is 9.84 Å². The van der Waals surface area contributed by atoms with Crippen LogP contribution < -0.4 is 0 Å². The van der Waals surface area contributed by atoms with E-state index in [9.17, 15) is 8.42 Å². The molecule has 0 aliphatic carbocycles. The number of rotatable bonds is 6. The minimum atomic E-state index is -2.95. The van der Waals surface area contributed by atoms with Crippen molar-refractivity contribution in [3.63, 3.8) is 0 Å². The van der Waals surface area contributed by atoms with Crippen LogP contribution in [0.1, 0.15) is 17.7 Å². The van der Waals surface area contributed by atoms with Gasteiger partial charge in [0.1, 0.15) is 0 Å². The van der Waals surface area contributed by atoms with Crippen molar-refractivity contribution in [3.05, 3.63) is 78.1 Å². The zero-order valence-electron chi connectivity index (χ0n) is 15.0. The molecule has 6 nitrogen and oxygen atoms in total. The van der Waals surface area contributed by atoms with E-state index in [4.69, 9.17) is 0 Å². The molecule has 27 heavy (non-hydrogen) atoms. The molecule has 7 heteroatoms. The van der Waals surface area contributed by atoms with Crippen LogP contribution in [0, 0.1) is 0 Å². The molecule has 4 rings (SSSR count). The highest BCUT2D eigenvalue weighted by Gasteiger charge is 2.32. The van der Waals surface area contributed by atoms with E-state index in [1.807, 2.05) is 54.7 Å². The molecule has 0 spiro atoms. The van der Waals surface area contributed by atoms with Gasteiger partial charge in [-0.15, -0.1) is 5.10 Å². The minimum Gasteiger partial charge on any atom is -0.289 e. The van der Waals surface area contributed by atoms with Crippen molar-refractivity contribution in [2.75, 3.05) is 11.5 Å². The highest BCUT2D eigenvalue weighted by Crippen LogP contribution is 2.22. The molecule has 140 valence electrons. The third-order valence-electron chi connectivity index (χ3n) is 4.88. The second-order valence-electron chi connectivity index (χ2n) is 6.94. The number of benzene rings is 2.